The highest BCUT2D eigenvalue weighted by Crippen LogP contribution is 2.07. The van der Waals surface area contributed by atoms with Crippen LogP contribution >= 0.6 is 12.4 Å². The summed E-state index contributed by atoms with van der Waals surface area (Å²) in [5, 5.41) is 0. The number of nitrogens with two attached hydrogens (primary N) is 1. The summed E-state index contributed by atoms with van der Waals surface area (Å²) in [7, 11) is 3.45. The minimum Gasteiger partial charge on any atom is -0.385 e. The Kier molecular flexibility index (Phi) is 11.1. The number of carbonyl (C=O) groups excluding carboxylic acids is 1. The first-order valence-corrected chi connectivity index (χ1v) is 5.54. The zero-order valence-corrected chi connectivity index (χ0v) is 11.5. The molecule has 5 heteroatoms. The molecule has 0 bridgehead atoms. The van der Waals surface area contributed by atoms with E-state index >= 15 is 0 Å². The summed E-state index contributed by atoms with van der Waals surface area (Å²) < 4.78 is 4.93. The molecule has 16 heavy (non-hydrogen) atoms. The molecule has 0 aromatic heterocycles. The molecule has 0 spiro atoms. The Labute approximate surface area is 105 Å². The van der Waals surface area contributed by atoms with Crippen molar-refractivity contribution in [2.75, 3.05) is 27.3 Å². The Morgan fingerprint density at radius 1 is 1.50 bits per heavy atom. The predicted octanol–water partition coefficient (Wildman–Crippen LogP) is 1.28. The largest absolute Gasteiger partial charge is 0.385 e. The van der Waals surface area contributed by atoms with Gasteiger partial charge in [0.15, 0.2) is 0 Å². The van der Waals surface area contributed by atoms with Crippen LogP contribution in [0.2, 0.25) is 0 Å². The van der Waals surface area contributed by atoms with Gasteiger partial charge in [-0.05, 0) is 12.3 Å². The van der Waals surface area contributed by atoms with E-state index in [0.717, 1.165) is 12.8 Å². The van der Waals surface area contributed by atoms with Gasteiger partial charge in [0.05, 0.1) is 6.04 Å². The molecular formula is C11H25ClN2O2. The lowest BCUT2D eigenvalue weighted by Crippen LogP contribution is -2.45. The number of hydrogen-bond donors (Lipinski definition) is 1. The summed E-state index contributed by atoms with van der Waals surface area (Å²) in [6.45, 7) is 5.43. The van der Waals surface area contributed by atoms with E-state index in [1.54, 1.807) is 19.1 Å². The van der Waals surface area contributed by atoms with Gasteiger partial charge in [-0.15, -0.1) is 12.4 Å². The van der Waals surface area contributed by atoms with E-state index in [2.05, 4.69) is 0 Å². The lowest BCUT2D eigenvalue weighted by atomic mass is 9.99. The fourth-order valence-electron chi connectivity index (χ4n) is 1.31. The maximum Gasteiger partial charge on any atom is 0.239 e. The molecule has 0 rings (SSSR count). The topological polar surface area (TPSA) is 55.6 Å². The van der Waals surface area contributed by atoms with Crippen molar-refractivity contribution >= 4 is 18.3 Å². The highest BCUT2D eigenvalue weighted by Gasteiger charge is 2.22. The van der Waals surface area contributed by atoms with Crippen molar-refractivity contribution in [2.45, 2.75) is 32.7 Å². The Bertz CT molecular complexity index is 191. The third kappa shape index (κ3) is 6.30. The Balaban J connectivity index is 0. The van der Waals surface area contributed by atoms with Gasteiger partial charge >= 0.3 is 0 Å². The summed E-state index contributed by atoms with van der Waals surface area (Å²) in [5.41, 5.74) is 5.85. The first kappa shape index (κ1) is 18.1. The van der Waals surface area contributed by atoms with Gasteiger partial charge in [-0.1, -0.05) is 20.3 Å². The number of methoxy groups -OCH3 is 1. The number of amides is 1. The molecule has 0 saturated heterocycles. The van der Waals surface area contributed by atoms with E-state index in [1.165, 1.54) is 0 Å². The Morgan fingerprint density at radius 2 is 2.06 bits per heavy atom. The summed E-state index contributed by atoms with van der Waals surface area (Å²) in [6.07, 6.45) is 1.78. The van der Waals surface area contributed by atoms with Gasteiger partial charge in [-0.2, -0.15) is 0 Å². The van der Waals surface area contributed by atoms with Crippen LogP contribution in [0.1, 0.15) is 26.7 Å². The average molecular weight is 253 g/mol. The molecule has 0 aliphatic carbocycles. The van der Waals surface area contributed by atoms with Crippen LogP contribution in [0, 0.1) is 5.92 Å². The van der Waals surface area contributed by atoms with Gasteiger partial charge < -0.3 is 15.4 Å². The Hall–Kier alpha value is -0.320. The van der Waals surface area contributed by atoms with Crippen LogP contribution in [0.15, 0.2) is 0 Å². The van der Waals surface area contributed by atoms with E-state index in [1.807, 2.05) is 13.8 Å². The van der Waals surface area contributed by atoms with Gasteiger partial charge in [0.2, 0.25) is 5.91 Å². The van der Waals surface area contributed by atoms with E-state index in [-0.39, 0.29) is 30.3 Å². The predicted molar refractivity (Wildman–Crippen MR) is 68.8 cm³/mol. The molecular weight excluding hydrogens is 228 g/mol. The monoisotopic (exact) mass is 252 g/mol. The van der Waals surface area contributed by atoms with E-state index in [9.17, 15) is 4.79 Å². The maximum atomic E-state index is 11.8. The van der Waals surface area contributed by atoms with Crippen LogP contribution in [-0.4, -0.2) is 44.2 Å². The number of likely N-dealkylation sites (N-methyl/N-ethyl adjacent to an activating group) is 1. The molecule has 2 atom stereocenters. The van der Waals surface area contributed by atoms with Crippen LogP contribution in [0.3, 0.4) is 0 Å². The number of hydrogen-bond acceptors (Lipinski definition) is 3. The number of halogens is 1. The molecule has 0 aliphatic heterocycles. The Morgan fingerprint density at radius 3 is 2.50 bits per heavy atom. The molecule has 0 aromatic carbocycles. The summed E-state index contributed by atoms with van der Waals surface area (Å²) >= 11 is 0. The van der Waals surface area contributed by atoms with Crippen LogP contribution < -0.4 is 5.73 Å². The molecule has 98 valence electrons. The lowest BCUT2D eigenvalue weighted by Gasteiger charge is -2.24. The van der Waals surface area contributed by atoms with Crippen molar-refractivity contribution in [3.05, 3.63) is 0 Å². The molecule has 4 nitrogen and oxygen atoms in total. The van der Waals surface area contributed by atoms with Gasteiger partial charge in [-0.25, -0.2) is 0 Å². The summed E-state index contributed by atoms with van der Waals surface area (Å²) in [6, 6.07) is -0.373. The van der Waals surface area contributed by atoms with Gasteiger partial charge in [0, 0.05) is 27.3 Å². The first-order chi connectivity index (χ1) is 7.04. The van der Waals surface area contributed by atoms with Gasteiger partial charge in [0.1, 0.15) is 0 Å². The number of nitrogens with zero attached hydrogens (tertiary/aromatic N) is 1. The van der Waals surface area contributed by atoms with Crippen molar-refractivity contribution in [1.82, 2.24) is 4.90 Å². The second-order valence-electron chi connectivity index (χ2n) is 4.02. The minimum atomic E-state index is -0.373. The number of ether oxygens (including phenoxy) is 1. The van der Waals surface area contributed by atoms with Crippen LogP contribution in [0.4, 0.5) is 0 Å². The van der Waals surface area contributed by atoms with Crippen LogP contribution in [0.25, 0.3) is 0 Å². The summed E-state index contributed by atoms with van der Waals surface area (Å²) in [4.78, 5) is 13.5. The highest BCUT2D eigenvalue weighted by molar-refractivity contribution is 5.85. The van der Waals surface area contributed by atoms with E-state index in [0.29, 0.717) is 13.2 Å². The molecule has 2 unspecified atom stereocenters. The van der Waals surface area contributed by atoms with Crippen molar-refractivity contribution in [3.8, 4) is 0 Å². The molecule has 0 saturated carbocycles. The molecule has 0 fully saturated rings. The molecule has 0 radical (unpaired) electrons. The average Bonchev–Trinajstić information content (AvgIpc) is 2.26. The maximum absolute atomic E-state index is 11.8. The van der Waals surface area contributed by atoms with Crippen molar-refractivity contribution in [3.63, 3.8) is 0 Å². The van der Waals surface area contributed by atoms with Crippen LogP contribution in [0.5, 0.6) is 0 Å². The van der Waals surface area contributed by atoms with E-state index in [4.69, 9.17) is 10.5 Å². The fraction of sp³-hybridized carbons (Fsp3) is 0.909. The smallest absolute Gasteiger partial charge is 0.239 e. The molecule has 0 heterocycles. The second-order valence-corrected chi connectivity index (χ2v) is 4.02. The summed E-state index contributed by atoms with van der Waals surface area (Å²) in [5.74, 6) is 0.267. The SMILES string of the molecule is CCC(C)C(N)C(=O)N(C)CCCOC.Cl. The quantitative estimate of drug-likeness (QED) is 0.695. The standard InChI is InChI=1S/C11H24N2O2.ClH/c1-5-9(2)10(12)11(14)13(3)7-6-8-15-4;/h9-10H,5-8,12H2,1-4H3;1H. The third-order valence-electron chi connectivity index (χ3n) is 2.76. The second kappa shape index (κ2) is 9.87. The van der Waals surface area contributed by atoms with Gasteiger partial charge in [-0.3, -0.25) is 4.79 Å². The van der Waals surface area contributed by atoms with E-state index < -0.39 is 0 Å². The molecule has 1 amide bonds. The van der Waals surface area contributed by atoms with Crippen molar-refractivity contribution < 1.29 is 9.53 Å². The molecule has 2 N–H and O–H groups in total. The normalized spacial score (nSPS) is 13.8. The minimum absolute atomic E-state index is 0. The number of carbonyl (C=O) groups is 1. The highest BCUT2D eigenvalue weighted by atomic mass is 35.5. The van der Waals surface area contributed by atoms with Crippen LogP contribution in [-0.2, 0) is 9.53 Å². The first-order valence-electron chi connectivity index (χ1n) is 5.54. The zero-order chi connectivity index (χ0) is 11.8. The number of rotatable bonds is 7. The van der Waals surface area contributed by atoms with Crippen molar-refractivity contribution in [1.29, 1.82) is 0 Å². The fourth-order valence-corrected chi connectivity index (χ4v) is 1.31. The third-order valence-corrected chi connectivity index (χ3v) is 2.76. The zero-order valence-electron chi connectivity index (χ0n) is 10.7. The van der Waals surface area contributed by atoms with Gasteiger partial charge in [0.25, 0.3) is 0 Å². The molecule has 0 aromatic rings. The van der Waals surface area contributed by atoms with Crippen molar-refractivity contribution in [2.24, 2.45) is 11.7 Å². The molecule has 0 aliphatic rings. The lowest BCUT2D eigenvalue weighted by molar-refractivity contribution is -0.132.